The summed E-state index contributed by atoms with van der Waals surface area (Å²) in [4.78, 5) is 16.3. The molecule has 0 bridgehead atoms. The highest BCUT2D eigenvalue weighted by molar-refractivity contribution is 7.89. The van der Waals surface area contributed by atoms with Crippen LogP contribution in [0.1, 0.15) is 25.1 Å². The van der Waals surface area contributed by atoms with Crippen LogP contribution in [0.15, 0.2) is 0 Å². The zero-order valence-corrected chi connectivity index (χ0v) is 14.9. The van der Waals surface area contributed by atoms with E-state index in [0.29, 0.717) is 11.9 Å². The van der Waals surface area contributed by atoms with Crippen molar-refractivity contribution < 1.29 is 21.6 Å². The Balaban J connectivity index is 2.10. The number of anilines is 2. The SMILES string of the molecule is CN(C)c1nc(CNS(=O)(=O)CCC(F)(F)F)nc(N2CCCC2)n1. The maximum absolute atomic E-state index is 12.2. The molecule has 0 saturated carbocycles. The third kappa shape index (κ3) is 6.27. The molecule has 142 valence electrons. The lowest BCUT2D eigenvalue weighted by atomic mass is 10.4. The molecule has 1 aromatic rings. The van der Waals surface area contributed by atoms with Crippen molar-refractivity contribution in [1.82, 2.24) is 19.7 Å². The van der Waals surface area contributed by atoms with Crippen LogP contribution >= 0.6 is 0 Å². The molecule has 0 aromatic carbocycles. The highest BCUT2D eigenvalue weighted by Crippen LogP contribution is 2.20. The van der Waals surface area contributed by atoms with Crippen molar-refractivity contribution in [3.05, 3.63) is 5.82 Å². The zero-order valence-electron chi connectivity index (χ0n) is 14.0. The van der Waals surface area contributed by atoms with Gasteiger partial charge >= 0.3 is 6.18 Å². The van der Waals surface area contributed by atoms with Crippen molar-refractivity contribution in [2.24, 2.45) is 0 Å². The molecule has 0 atom stereocenters. The van der Waals surface area contributed by atoms with Gasteiger partial charge in [-0.25, -0.2) is 13.1 Å². The van der Waals surface area contributed by atoms with Gasteiger partial charge in [-0.15, -0.1) is 0 Å². The first kappa shape index (κ1) is 19.6. The molecule has 1 fully saturated rings. The lowest BCUT2D eigenvalue weighted by Crippen LogP contribution is -2.30. The number of alkyl halides is 3. The Morgan fingerprint density at radius 2 is 1.80 bits per heavy atom. The van der Waals surface area contributed by atoms with Gasteiger partial charge in [0.05, 0.1) is 18.7 Å². The van der Waals surface area contributed by atoms with Crippen molar-refractivity contribution >= 4 is 21.9 Å². The predicted molar refractivity (Wildman–Crippen MR) is 86.9 cm³/mol. The van der Waals surface area contributed by atoms with Crippen LogP contribution in [0.5, 0.6) is 0 Å². The lowest BCUT2D eigenvalue weighted by molar-refractivity contribution is -0.129. The quantitative estimate of drug-likeness (QED) is 0.749. The fraction of sp³-hybridized carbons (Fsp3) is 0.769. The first-order valence-corrected chi connectivity index (χ1v) is 9.42. The van der Waals surface area contributed by atoms with Gasteiger partial charge in [-0.05, 0) is 12.8 Å². The van der Waals surface area contributed by atoms with Crippen LogP contribution in [0.25, 0.3) is 0 Å². The van der Waals surface area contributed by atoms with Gasteiger partial charge in [0, 0.05) is 27.2 Å². The molecule has 8 nitrogen and oxygen atoms in total. The first-order valence-electron chi connectivity index (χ1n) is 7.77. The van der Waals surface area contributed by atoms with E-state index in [9.17, 15) is 21.6 Å². The normalized spacial score (nSPS) is 15.6. The molecule has 0 unspecified atom stereocenters. The van der Waals surface area contributed by atoms with Crippen molar-refractivity contribution in [3.63, 3.8) is 0 Å². The van der Waals surface area contributed by atoms with E-state index >= 15 is 0 Å². The Bertz CT molecular complexity index is 689. The third-order valence-electron chi connectivity index (χ3n) is 3.55. The van der Waals surface area contributed by atoms with Gasteiger partial charge in [-0.3, -0.25) is 0 Å². The summed E-state index contributed by atoms with van der Waals surface area (Å²) in [6.45, 7) is 1.31. The molecule has 1 aliphatic heterocycles. The van der Waals surface area contributed by atoms with Crippen LogP contribution in [0.4, 0.5) is 25.1 Å². The fourth-order valence-electron chi connectivity index (χ4n) is 2.23. The van der Waals surface area contributed by atoms with Crippen LogP contribution in [-0.2, 0) is 16.6 Å². The molecule has 25 heavy (non-hydrogen) atoms. The Kier molecular flexibility index (Phi) is 6.03. The van der Waals surface area contributed by atoms with Gasteiger partial charge in [-0.1, -0.05) is 0 Å². The van der Waals surface area contributed by atoms with Gasteiger partial charge in [0.25, 0.3) is 0 Å². The van der Waals surface area contributed by atoms with Crippen molar-refractivity contribution in [2.45, 2.75) is 32.0 Å². The molecule has 1 saturated heterocycles. The predicted octanol–water partition coefficient (Wildman–Crippen LogP) is 0.910. The lowest BCUT2D eigenvalue weighted by Gasteiger charge is -2.19. The highest BCUT2D eigenvalue weighted by atomic mass is 32.2. The minimum Gasteiger partial charge on any atom is -0.347 e. The maximum atomic E-state index is 12.2. The van der Waals surface area contributed by atoms with Crippen LogP contribution in [-0.4, -0.2) is 62.5 Å². The summed E-state index contributed by atoms with van der Waals surface area (Å²) in [5.74, 6) is -0.0561. The number of sulfonamides is 1. The van der Waals surface area contributed by atoms with Gasteiger partial charge in [0.2, 0.25) is 21.9 Å². The van der Waals surface area contributed by atoms with E-state index in [2.05, 4.69) is 19.7 Å². The monoisotopic (exact) mass is 382 g/mol. The summed E-state index contributed by atoms with van der Waals surface area (Å²) in [5, 5.41) is 0. The molecular weight excluding hydrogens is 361 g/mol. The summed E-state index contributed by atoms with van der Waals surface area (Å²) in [5.41, 5.74) is 0. The van der Waals surface area contributed by atoms with Crippen molar-refractivity contribution in [2.75, 3.05) is 42.7 Å². The third-order valence-corrected chi connectivity index (χ3v) is 4.88. The van der Waals surface area contributed by atoms with Crippen LogP contribution in [0, 0.1) is 0 Å². The van der Waals surface area contributed by atoms with E-state index in [0.717, 1.165) is 25.9 Å². The van der Waals surface area contributed by atoms with Gasteiger partial charge < -0.3 is 9.80 Å². The Labute approximate surface area is 144 Å². The van der Waals surface area contributed by atoms with E-state index in [4.69, 9.17) is 0 Å². The Morgan fingerprint density at radius 1 is 1.16 bits per heavy atom. The van der Waals surface area contributed by atoms with Crippen LogP contribution in [0.3, 0.4) is 0 Å². The molecule has 1 N–H and O–H groups in total. The molecule has 1 aliphatic rings. The summed E-state index contributed by atoms with van der Waals surface area (Å²) in [6, 6.07) is 0. The fourth-order valence-corrected chi connectivity index (χ4v) is 3.22. The number of hydrogen-bond donors (Lipinski definition) is 1. The van der Waals surface area contributed by atoms with Gasteiger partial charge in [0.15, 0.2) is 5.82 Å². The smallest absolute Gasteiger partial charge is 0.347 e. The van der Waals surface area contributed by atoms with Gasteiger partial charge in [0.1, 0.15) is 0 Å². The van der Waals surface area contributed by atoms with E-state index in [1.165, 1.54) is 0 Å². The molecule has 12 heteroatoms. The topological polar surface area (TPSA) is 91.3 Å². The second kappa shape index (κ2) is 7.68. The van der Waals surface area contributed by atoms with E-state index in [-0.39, 0.29) is 12.4 Å². The standard InChI is InChI=1S/C13H21F3N6O2S/c1-21(2)11-18-10(19-12(20-11)22-6-3-4-7-22)9-17-25(23,24)8-5-13(14,15)16/h17H,3-9H2,1-2H3. The molecule has 2 rings (SSSR count). The summed E-state index contributed by atoms with van der Waals surface area (Å²) in [7, 11) is -0.603. The molecule has 0 amide bonds. The average Bonchev–Trinajstić information content (AvgIpc) is 3.05. The summed E-state index contributed by atoms with van der Waals surface area (Å²) >= 11 is 0. The van der Waals surface area contributed by atoms with Crippen molar-refractivity contribution in [3.8, 4) is 0 Å². The number of nitrogens with one attached hydrogen (secondary N) is 1. The molecule has 2 heterocycles. The largest absolute Gasteiger partial charge is 0.390 e. The average molecular weight is 382 g/mol. The molecule has 1 aromatic heterocycles. The zero-order chi connectivity index (χ0) is 18.7. The van der Waals surface area contributed by atoms with E-state index in [1.807, 2.05) is 4.90 Å². The molecule has 0 radical (unpaired) electrons. The van der Waals surface area contributed by atoms with E-state index < -0.39 is 28.4 Å². The Hall–Kier alpha value is -1.69. The number of hydrogen-bond acceptors (Lipinski definition) is 7. The van der Waals surface area contributed by atoms with Crippen molar-refractivity contribution in [1.29, 1.82) is 0 Å². The molecule has 0 spiro atoms. The number of aromatic nitrogens is 3. The minimum atomic E-state index is -4.52. The Morgan fingerprint density at radius 3 is 2.36 bits per heavy atom. The second-order valence-corrected chi connectivity index (χ2v) is 7.87. The van der Waals surface area contributed by atoms with Crippen LogP contribution < -0.4 is 14.5 Å². The number of rotatable bonds is 7. The summed E-state index contributed by atoms with van der Waals surface area (Å²) < 4.78 is 62.1. The highest BCUT2D eigenvalue weighted by Gasteiger charge is 2.30. The minimum absolute atomic E-state index is 0.163. The number of halogens is 3. The second-order valence-electron chi connectivity index (χ2n) is 5.95. The summed E-state index contributed by atoms with van der Waals surface area (Å²) in [6.07, 6.45) is -3.89. The van der Waals surface area contributed by atoms with Gasteiger partial charge in [-0.2, -0.15) is 28.1 Å². The molecular formula is C13H21F3N6O2S. The maximum Gasteiger partial charge on any atom is 0.390 e. The first-order chi connectivity index (χ1) is 11.6. The molecule has 0 aliphatic carbocycles. The van der Waals surface area contributed by atoms with Crippen LogP contribution in [0.2, 0.25) is 0 Å². The number of nitrogens with zero attached hydrogens (tertiary/aromatic N) is 5. The van der Waals surface area contributed by atoms with E-state index in [1.54, 1.807) is 19.0 Å².